The number of carbonyl (C=O) groups is 3. The van der Waals surface area contributed by atoms with Crippen LogP contribution < -0.4 is 16.2 Å². The summed E-state index contributed by atoms with van der Waals surface area (Å²) in [5.41, 5.74) is 0.874. The molecule has 11 nitrogen and oxygen atoms in total. The molecule has 0 aliphatic carbocycles. The molecular formula is C32H28FN5O6. The number of hydrogen-bond acceptors (Lipinski definition) is 8. The van der Waals surface area contributed by atoms with E-state index in [9.17, 15) is 23.6 Å². The van der Waals surface area contributed by atoms with Crippen LogP contribution in [0.15, 0.2) is 101 Å². The van der Waals surface area contributed by atoms with Crippen molar-refractivity contribution in [1.29, 1.82) is 0 Å². The van der Waals surface area contributed by atoms with Gasteiger partial charge in [-0.3, -0.25) is 24.3 Å². The van der Waals surface area contributed by atoms with Crippen molar-refractivity contribution in [2.24, 2.45) is 4.99 Å². The summed E-state index contributed by atoms with van der Waals surface area (Å²) < 4.78 is 25.2. The molecule has 0 bridgehead atoms. The second-order valence-electron chi connectivity index (χ2n) is 9.79. The van der Waals surface area contributed by atoms with E-state index in [1.807, 2.05) is 36.4 Å². The smallest absolute Gasteiger partial charge is 0.412 e. The first-order valence-corrected chi connectivity index (χ1v) is 13.8. The summed E-state index contributed by atoms with van der Waals surface area (Å²) in [5.74, 6) is -1.71. The summed E-state index contributed by atoms with van der Waals surface area (Å²) >= 11 is 0. The Hall–Kier alpha value is -5.65. The third-order valence-electron chi connectivity index (χ3n) is 6.63. The van der Waals surface area contributed by atoms with Gasteiger partial charge < -0.3 is 14.8 Å². The zero-order valence-corrected chi connectivity index (χ0v) is 23.4. The maximum atomic E-state index is 13.7. The predicted molar refractivity (Wildman–Crippen MR) is 159 cm³/mol. The number of halogens is 1. The van der Waals surface area contributed by atoms with E-state index in [1.54, 1.807) is 24.3 Å². The van der Waals surface area contributed by atoms with Gasteiger partial charge in [0.2, 0.25) is 11.7 Å². The Labute approximate surface area is 251 Å². The van der Waals surface area contributed by atoms with Gasteiger partial charge in [-0.2, -0.15) is 0 Å². The second kappa shape index (κ2) is 14.0. The summed E-state index contributed by atoms with van der Waals surface area (Å²) in [4.78, 5) is 61.1. The molecule has 2 amide bonds. The maximum absolute atomic E-state index is 13.7. The molecule has 0 fully saturated rings. The zero-order valence-electron chi connectivity index (χ0n) is 23.4. The fourth-order valence-corrected chi connectivity index (χ4v) is 4.50. The molecule has 2 heterocycles. The number of ether oxygens (including phenoxy) is 2. The van der Waals surface area contributed by atoms with E-state index in [1.165, 1.54) is 24.3 Å². The zero-order chi connectivity index (χ0) is 30.9. The van der Waals surface area contributed by atoms with Crippen molar-refractivity contribution in [2.45, 2.75) is 25.6 Å². The van der Waals surface area contributed by atoms with E-state index in [0.717, 1.165) is 21.9 Å². The van der Waals surface area contributed by atoms with Crippen LogP contribution in [0.2, 0.25) is 0 Å². The molecule has 12 heteroatoms. The summed E-state index contributed by atoms with van der Waals surface area (Å²) in [5, 5.41) is 5.07. The molecule has 1 aromatic heterocycles. The van der Waals surface area contributed by atoms with Crippen LogP contribution in [0.1, 0.15) is 11.1 Å². The molecule has 224 valence electrons. The monoisotopic (exact) mass is 597 g/mol. The summed E-state index contributed by atoms with van der Waals surface area (Å²) in [6, 6.07) is 22.2. The van der Waals surface area contributed by atoms with Crippen LogP contribution in [0.4, 0.5) is 14.9 Å². The van der Waals surface area contributed by atoms with Crippen LogP contribution >= 0.6 is 0 Å². The lowest BCUT2D eigenvalue weighted by atomic mass is 10.0. The van der Waals surface area contributed by atoms with E-state index in [4.69, 9.17) is 9.47 Å². The average molecular weight is 598 g/mol. The van der Waals surface area contributed by atoms with Crippen LogP contribution in [0, 0.1) is 5.82 Å². The lowest BCUT2D eigenvalue weighted by molar-refractivity contribution is -0.126. The van der Waals surface area contributed by atoms with Crippen molar-refractivity contribution in [3.63, 3.8) is 0 Å². The SMILES string of the molecule is O=C(Cn1c(-c2ccc(F)cc2)ncc(NC(=O)OCc2ccccc2)c1=O)NC(Cc1ccccc1)C(=O)C1=NCCO1. The minimum absolute atomic E-state index is 0.0315. The van der Waals surface area contributed by atoms with Crippen LogP contribution in [0.5, 0.6) is 0 Å². The number of carbonyl (C=O) groups excluding carboxylic acids is 3. The number of anilines is 1. The van der Waals surface area contributed by atoms with Gasteiger partial charge in [-0.25, -0.2) is 19.2 Å². The Morgan fingerprint density at radius 1 is 0.955 bits per heavy atom. The highest BCUT2D eigenvalue weighted by atomic mass is 19.1. The lowest BCUT2D eigenvalue weighted by Crippen LogP contribution is -2.47. The Balaban J connectivity index is 1.39. The molecule has 1 aliphatic rings. The fourth-order valence-electron chi connectivity index (χ4n) is 4.50. The highest BCUT2D eigenvalue weighted by Gasteiger charge is 2.29. The molecular weight excluding hydrogens is 569 g/mol. The Morgan fingerprint density at radius 3 is 2.30 bits per heavy atom. The van der Waals surface area contributed by atoms with Gasteiger partial charge >= 0.3 is 6.09 Å². The number of rotatable bonds is 11. The Bertz CT molecular complexity index is 1730. The number of Topliss-reactive ketones (excluding diaryl/α,β-unsaturated/α-hetero) is 1. The van der Waals surface area contributed by atoms with Crippen LogP contribution in [0.25, 0.3) is 11.4 Å². The molecule has 3 aromatic carbocycles. The molecule has 0 spiro atoms. The van der Waals surface area contributed by atoms with Crippen LogP contribution in [-0.4, -0.2) is 52.4 Å². The number of amides is 2. The molecule has 1 unspecified atom stereocenters. The van der Waals surface area contributed by atoms with Gasteiger partial charge in [0.15, 0.2) is 0 Å². The minimum atomic E-state index is -1.03. The van der Waals surface area contributed by atoms with Crippen molar-refractivity contribution in [3.8, 4) is 11.4 Å². The van der Waals surface area contributed by atoms with Gasteiger partial charge in [0, 0.05) is 12.0 Å². The van der Waals surface area contributed by atoms with Gasteiger partial charge in [0.05, 0.1) is 12.7 Å². The molecule has 5 rings (SSSR count). The molecule has 1 atom stereocenters. The van der Waals surface area contributed by atoms with E-state index in [2.05, 4.69) is 20.6 Å². The van der Waals surface area contributed by atoms with Gasteiger partial charge in [-0.05, 0) is 35.4 Å². The highest BCUT2D eigenvalue weighted by molar-refractivity contribution is 6.38. The van der Waals surface area contributed by atoms with Crippen molar-refractivity contribution < 1.29 is 28.2 Å². The first-order chi connectivity index (χ1) is 21.4. The minimum Gasteiger partial charge on any atom is -0.473 e. The number of nitrogens with one attached hydrogen (secondary N) is 2. The lowest BCUT2D eigenvalue weighted by Gasteiger charge is -2.19. The number of nitrogens with zero attached hydrogens (tertiary/aromatic N) is 3. The molecule has 2 N–H and O–H groups in total. The van der Waals surface area contributed by atoms with E-state index >= 15 is 0 Å². The normalized spacial score (nSPS) is 12.9. The number of aromatic nitrogens is 2. The summed E-state index contributed by atoms with van der Waals surface area (Å²) in [6.45, 7) is 0.000712. The summed E-state index contributed by atoms with van der Waals surface area (Å²) in [7, 11) is 0. The van der Waals surface area contributed by atoms with E-state index in [0.29, 0.717) is 12.1 Å². The molecule has 4 aromatic rings. The number of hydrogen-bond donors (Lipinski definition) is 2. The average Bonchev–Trinajstić information content (AvgIpc) is 3.58. The second-order valence-corrected chi connectivity index (χ2v) is 9.79. The molecule has 44 heavy (non-hydrogen) atoms. The molecule has 1 aliphatic heterocycles. The van der Waals surface area contributed by atoms with Gasteiger partial charge in [0.25, 0.3) is 11.5 Å². The van der Waals surface area contributed by atoms with Crippen molar-refractivity contribution in [2.75, 3.05) is 18.5 Å². The fraction of sp³-hybridized carbons (Fsp3) is 0.188. The van der Waals surface area contributed by atoms with Gasteiger partial charge in [-0.1, -0.05) is 60.7 Å². The molecule has 0 saturated heterocycles. The van der Waals surface area contributed by atoms with E-state index < -0.39 is 41.7 Å². The quantitative estimate of drug-likeness (QED) is 0.270. The topological polar surface area (TPSA) is 141 Å². The molecule has 0 saturated carbocycles. The Morgan fingerprint density at radius 2 is 1.64 bits per heavy atom. The third kappa shape index (κ3) is 7.59. The first kappa shape index (κ1) is 29.8. The maximum Gasteiger partial charge on any atom is 0.412 e. The van der Waals surface area contributed by atoms with Crippen LogP contribution in [0.3, 0.4) is 0 Å². The standard InChI is InChI=1S/C32H28FN5O6/c33-24-13-11-23(12-14-24)29-35-18-26(37-32(42)44-20-22-9-5-2-6-10-22)31(41)38(29)19-27(39)36-25(17-21-7-3-1-4-8-21)28(40)30-34-15-16-43-30/h1-14,18,25H,15-17,19-20H2,(H,36,39)(H,37,42). The highest BCUT2D eigenvalue weighted by Crippen LogP contribution is 2.18. The van der Waals surface area contributed by atoms with E-state index in [-0.39, 0.29) is 37.0 Å². The third-order valence-corrected chi connectivity index (χ3v) is 6.63. The van der Waals surface area contributed by atoms with Gasteiger partial charge in [-0.15, -0.1) is 0 Å². The Kier molecular flexibility index (Phi) is 9.50. The number of benzene rings is 3. The van der Waals surface area contributed by atoms with Crippen molar-refractivity contribution in [3.05, 3.63) is 118 Å². The van der Waals surface area contributed by atoms with Crippen LogP contribution in [-0.2, 0) is 38.6 Å². The summed E-state index contributed by atoms with van der Waals surface area (Å²) in [6.07, 6.45) is 0.390. The predicted octanol–water partition coefficient (Wildman–Crippen LogP) is 3.52. The van der Waals surface area contributed by atoms with Gasteiger partial charge in [0.1, 0.15) is 43.1 Å². The van der Waals surface area contributed by atoms with Crippen molar-refractivity contribution >= 4 is 29.4 Å². The number of ketones is 1. The largest absolute Gasteiger partial charge is 0.473 e. The van der Waals surface area contributed by atoms with Crippen molar-refractivity contribution in [1.82, 2.24) is 14.9 Å². The molecule has 0 radical (unpaired) electrons. The first-order valence-electron chi connectivity index (χ1n) is 13.8. The number of aliphatic imine (C=N–C) groups is 1.